The molecule has 0 radical (unpaired) electrons. The number of benzene rings is 1. The van der Waals surface area contributed by atoms with E-state index in [0.717, 1.165) is 11.6 Å². The number of likely N-dealkylation sites (N-methyl/N-ethyl adjacent to an activating group) is 1. The summed E-state index contributed by atoms with van der Waals surface area (Å²) in [5.41, 5.74) is 0.686. The number of fused-ring (bicyclic) bond motifs is 1. The molecule has 0 bridgehead atoms. The number of aromatic nitrogens is 3. The van der Waals surface area contributed by atoms with Crippen molar-refractivity contribution in [2.75, 3.05) is 26.7 Å². The molecule has 1 N–H and O–H groups in total. The van der Waals surface area contributed by atoms with Gasteiger partial charge in [0.25, 0.3) is 0 Å². The topological polar surface area (TPSA) is 74.5 Å². The summed E-state index contributed by atoms with van der Waals surface area (Å²) in [5.74, 6) is 1.41. The summed E-state index contributed by atoms with van der Waals surface area (Å²) >= 11 is 0. The summed E-state index contributed by atoms with van der Waals surface area (Å²) in [6.07, 6.45) is 1.14. The highest BCUT2D eigenvalue weighted by molar-refractivity contribution is 5.78. The minimum absolute atomic E-state index is 0.00531. The number of β-amino-alcohol motifs (C(OH)–C–C–N with tert-alkyl or cyclic N) is 1. The smallest absolute Gasteiger partial charge is 0.227 e. The first kappa shape index (κ1) is 18.1. The zero-order chi connectivity index (χ0) is 19.0. The monoisotopic (exact) mass is 373 g/mol. The summed E-state index contributed by atoms with van der Waals surface area (Å²) in [6, 6.07) is 6.23. The normalized spacial score (nSPS) is 23.3. The second-order valence-corrected chi connectivity index (χ2v) is 7.41. The minimum atomic E-state index is -0.344. The summed E-state index contributed by atoms with van der Waals surface area (Å²) in [6.45, 7) is 2.42. The number of carbonyl (C=O) groups is 1. The fraction of sp³-hybridized carbons (Fsp3) is 0.526. The number of carbonyl (C=O) groups excluding carboxylic acids is 1. The highest BCUT2D eigenvalue weighted by Crippen LogP contribution is 2.30. The van der Waals surface area contributed by atoms with Gasteiger partial charge in [0.05, 0.1) is 18.6 Å². The quantitative estimate of drug-likeness (QED) is 0.861. The molecule has 2 aromatic rings. The SMILES string of the molecule is CN1C[C@H](O)C[C@H]1c1nnc2n1CCN(C(=O)Cc1cccc(F)c1)CC2. The Morgan fingerprint density at radius 3 is 2.89 bits per heavy atom. The molecule has 0 spiro atoms. The van der Waals surface area contributed by atoms with Crippen LogP contribution in [0, 0.1) is 5.82 Å². The van der Waals surface area contributed by atoms with Crippen LogP contribution >= 0.6 is 0 Å². The number of aliphatic hydroxyl groups is 1. The molecule has 8 heteroatoms. The lowest BCUT2D eigenvalue weighted by atomic mass is 10.1. The van der Waals surface area contributed by atoms with Crippen molar-refractivity contribution >= 4 is 5.91 Å². The highest BCUT2D eigenvalue weighted by atomic mass is 19.1. The maximum Gasteiger partial charge on any atom is 0.227 e. The molecule has 2 aliphatic heterocycles. The molecule has 1 saturated heterocycles. The molecule has 0 unspecified atom stereocenters. The first-order valence-corrected chi connectivity index (χ1v) is 9.34. The van der Waals surface area contributed by atoms with Crippen LogP contribution in [0.15, 0.2) is 24.3 Å². The van der Waals surface area contributed by atoms with E-state index in [-0.39, 0.29) is 30.3 Å². The van der Waals surface area contributed by atoms with E-state index < -0.39 is 0 Å². The number of halogens is 1. The zero-order valence-corrected chi connectivity index (χ0v) is 15.4. The molecule has 3 heterocycles. The third-order valence-electron chi connectivity index (χ3n) is 5.48. The third kappa shape index (κ3) is 3.72. The maximum absolute atomic E-state index is 13.3. The summed E-state index contributed by atoms with van der Waals surface area (Å²) < 4.78 is 15.4. The molecule has 144 valence electrons. The number of hydrogen-bond donors (Lipinski definition) is 1. The van der Waals surface area contributed by atoms with Gasteiger partial charge >= 0.3 is 0 Å². The number of hydrogen-bond acceptors (Lipinski definition) is 5. The Labute approximate surface area is 157 Å². The number of rotatable bonds is 3. The van der Waals surface area contributed by atoms with Crippen molar-refractivity contribution in [3.63, 3.8) is 0 Å². The molecule has 1 aromatic heterocycles. The largest absolute Gasteiger partial charge is 0.392 e. The van der Waals surface area contributed by atoms with Gasteiger partial charge in [-0.05, 0) is 31.2 Å². The Balaban J connectivity index is 1.45. The number of aliphatic hydroxyl groups excluding tert-OH is 1. The van der Waals surface area contributed by atoms with Crippen LogP contribution in [0.3, 0.4) is 0 Å². The van der Waals surface area contributed by atoms with Crippen LogP contribution in [-0.4, -0.2) is 68.4 Å². The van der Waals surface area contributed by atoms with Crippen molar-refractivity contribution in [1.82, 2.24) is 24.6 Å². The maximum atomic E-state index is 13.3. The van der Waals surface area contributed by atoms with Gasteiger partial charge in [0, 0.05) is 32.6 Å². The van der Waals surface area contributed by atoms with Gasteiger partial charge in [-0.3, -0.25) is 9.69 Å². The molecule has 0 saturated carbocycles. The molecule has 1 amide bonds. The first-order chi connectivity index (χ1) is 13.0. The molecular formula is C19H24FN5O2. The number of nitrogens with zero attached hydrogens (tertiary/aromatic N) is 5. The molecule has 2 atom stereocenters. The van der Waals surface area contributed by atoms with E-state index in [2.05, 4.69) is 19.7 Å². The molecule has 27 heavy (non-hydrogen) atoms. The van der Waals surface area contributed by atoms with E-state index in [1.807, 2.05) is 11.9 Å². The van der Waals surface area contributed by atoms with Crippen molar-refractivity contribution in [1.29, 1.82) is 0 Å². The number of likely N-dealkylation sites (tertiary alicyclic amines) is 1. The predicted octanol–water partition coefficient (Wildman–Crippen LogP) is 0.782. The van der Waals surface area contributed by atoms with E-state index in [1.54, 1.807) is 12.1 Å². The van der Waals surface area contributed by atoms with Crippen LogP contribution in [-0.2, 0) is 24.2 Å². The predicted molar refractivity (Wildman–Crippen MR) is 96.4 cm³/mol. The van der Waals surface area contributed by atoms with Gasteiger partial charge < -0.3 is 14.6 Å². The minimum Gasteiger partial charge on any atom is -0.392 e. The van der Waals surface area contributed by atoms with Gasteiger partial charge in [-0.2, -0.15) is 0 Å². The zero-order valence-electron chi connectivity index (χ0n) is 15.4. The van der Waals surface area contributed by atoms with Gasteiger partial charge in [-0.15, -0.1) is 10.2 Å². The van der Waals surface area contributed by atoms with Crippen molar-refractivity contribution in [3.05, 3.63) is 47.3 Å². The molecule has 2 aliphatic rings. The van der Waals surface area contributed by atoms with Gasteiger partial charge in [0.1, 0.15) is 11.6 Å². The second kappa shape index (κ2) is 7.36. The van der Waals surface area contributed by atoms with Crippen LogP contribution < -0.4 is 0 Å². The number of amides is 1. The molecular weight excluding hydrogens is 349 g/mol. The van der Waals surface area contributed by atoms with Crippen LogP contribution in [0.1, 0.15) is 29.7 Å². The van der Waals surface area contributed by atoms with E-state index in [1.165, 1.54) is 12.1 Å². The lowest BCUT2D eigenvalue weighted by molar-refractivity contribution is -0.130. The Kier molecular flexibility index (Phi) is 4.92. The van der Waals surface area contributed by atoms with Gasteiger partial charge in [-0.25, -0.2) is 4.39 Å². The van der Waals surface area contributed by atoms with Crippen molar-refractivity contribution in [2.24, 2.45) is 0 Å². The average molecular weight is 373 g/mol. The molecule has 1 aromatic carbocycles. The lowest BCUT2D eigenvalue weighted by Gasteiger charge is -2.21. The van der Waals surface area contributed by atoms with E-state index in [9.17, 15) is 14.3 Å². The Morgan fingerprint density at radius 2 is 2.15 bits per heavy atom. The van der Waals surface area contributed by atoms with Crippen LogP contribution in [0.5, 0.6) is 0 Å². The Hall–Kier alpha value is -2.32. The molecule has 4 rings (SSSR count). The molecule has 1 fully saturated rings. The first-order valence-electron chi connectivity index (χ1n) is 9.34. The van der Waals surface area contributed by atoms with Crippen LogP contribution in [0.2, 0.25) is 0 Å². The van der Waals surface area contributed by atoms with Gasteiger partial charge in [0.2, 0.25) is 5.91 Å². The van der Waals surface area contributed by atoms with Gasteiger partial charge in [0.15, 0.2) is 5.82 Å². The van der Waals surface area contributed by atoms with Crippen LogP contribution in [0.25, 0.3) is 0 Å². The highest BCUT2D eigenvalue weighted by Gasteiger charge is 2.34. The second-order valence-electron chi connectivity index (χ2n) is 7.41. The standard InChI is InChI=1S/C19H24FN5O2/c1-23-12-15(26)11-16(23)19-22-21-17-5-6-24(7-8-25(17)19)18(27)10-13-3-2-4-14(20)9-13/h2-4,9,15-16,26H,5-8,10-12H2,1H3/t15-,16+/m1/s1. The summed E-state index contributed by atoms with van der Waals surface area (Å²) in [7, 11) is 1.98. The average Bonchev–Trinajstić information content (AvgIpc) is 3.09. The molecule has 7 nitrogen and oxygen atoms in total. The van der Waals surface area contributed by atoms with Crippen LogP contribution in [0.4, 0.5) is 4.39 Å². The third-order valence-corrected chi connectivity index (χ3v) is 5.48. The van der Waals surface area contributed by atoms with Gasteiger partial charge in [-0.1, -0.05) is 12.1 Å². The Morgan fingerprint density at radius 1 is 1.30 bits per heavy atom. The fourth-order valence-electron chi connectivity index (χ4n) is 4.05. The molecule has 0 aliphatic carbocycles. The van der Waals surface area contributed by atoms with E-state index in [0.29, 0.717) is 44.6 Å². The van der Waals surface area contributed by atoms with Crippen molar-refractivity contribution < 1.29 is 14.3 Å². The van der Waals surface area contributed by atoms with E-state index in [4.69, 9.17) is 0 Å². The Bertz CT molecular complexity index is 839. The van der Waals surface area contributed by atoms with E-state index >= 15 is 0 Å². The van der Waals surface area contributed by atoms with Crippen molar-refractivity contribution in [3.8, 4) is 0 Å². The summed E-state index contributed by atoms with van der Waals surface area (Å²) in [5, 5.41) is 18.6. The lowest BCUT2D eigenvalue weighted by Crippen LogP contribution is -2.35. The van der Waals surface area contributed by atoms with Crippen molar-refractivity contribution in [2.45, 2.75) is 38.0 Å². The summed E-state index contributed by atoms with van der Waals surface area (Å²) in [4.78, 5) is 16.6. The fourth-order valence-corrected chi connectivity index (χ4v) is 4.05.